The van der Waals surface area contributed by atoms with E-state index >= 15 is 0 Å². The van der Waals surface area contributed by atoms with Gasteiger partial charge in [-0.15, -0.1) is 0 Å². The summed E-state index contributed by atoms with van der Waals surface area (Å²) in [5, 5.41) is 0. The molecule has 1 aromatic rings. The first-order valence-electron chi connectivity index (χ1n) is 5.12. The SMILES string of the molecule is COC(=O)c1cccnc1C(=O)OC(C)(C)C. The van der Waals surface area contributed by atoms with Crippen LogP contribution in [0.5, 0.6) is 0 Å². The van der Waals surface area contributed by atoms with E-state index in [0.29, 0.717) is 0 Å². The molecule has 0 aromatic carbocycles. The maximum absolute atomic E-state index is 11.8. The van der Waals surface area contributed by atoms with Crippen molar-refractivity contribution >= 4 is 11.9 Å². The molecule has 0 aliphatic rings. The van der Waals surface area contributed by atoms with Crippen molar-refractivity contribution in [2.45, 2.75) is 26.4 Å². The Balaban J connectivity index is 3.05. The minimum atomic E-state index is -0.640. The van der Waals surface area contributed by atoms with Crippen LogP contribution < -0.4 is 0 Å². The number of carbonyl (C=O) groups is 2. The number of aromatic nitrogens is 1. The maximum Gasteiger partial charge on any atom is 0.358 e. The molecule has 0 radical (unpaired) electrons. The van der Waals surface area contributed by atoms with Gasteiger partial charge in [0.05, 0.1) is 12.7 Å². The smallest absolute Gasteiger partial charge is 0.358 e. The lowest BCUT2D eigenvalue weighted by Gasteiger charge is -2.19. The number of nitrogens with zero attached hydrogens (tertiary/aromatic N) is 1. The first-order valence-corrected chi connectivity index (χ1v) is 5.12. The first-order chi connectivity index (χ1) is 7.85. The molecule has 0 fully saturated rings. The second kappa shape index (κ2) is 4.95. The van der Waals surface area contributed by atoms with Gasteiger partial charge in [-0.25, -0.2) is 14.6 Å². The molecular formula is C12H15NO4. The van der Waals surface area contributed by atoms with E-state index in [0.717, 1.165) is 0 Å². The van der Waals surface area contributed by atoms with Crippen LogP contribution in [0.25, 0.3) is 0 Å². The van der Waals surface area contributed by atoms with Gasteiger partial charge in [-0.1, -0.05) is 0 Å². The molecule has 0 spiro atoms. The van der Waals surface area contributed by atoms with Gasteiger partial charge < -0.3 is 9.47 Å². The van der Waals surface area contributed by atoms with Crippen LogP contribution in [0.2, 0.25) is 0 Å². The van der Waals surface area contributed by atoms with Crippen molar-refractivity contribution in [2.24, 2.45) is 0 Å². The van der Waals surface area contributed by atoms with E-state index in [2.05, 4.69) is 9.72 Å². The van der Waals surface area contributed by atoms with Crippen LogP contribution in [0.3, 0.4) is 0 Å². The summed E-state index contributed by atoms with van der Waals surface area (Å²) in [6.45, 7) is 5.23. The number of hydrogen-bond acceptors (Lipinski definition) is 5. The highest BCUT2D eigenvalue weighted by Gasteiger charge is 2.24. The summed E-state index contributed by atoms with van der Waals surface area (Å²) < 4.78 is 9.72. The lowest BCUT2D eigenvalue weighted by Crippen LogP contribution is -2.26. The van der Waals surface area contributed by atoms with Gasteiger partial charge in [0.1, 0.15) is 5.60 Å². The van der Waals surface area contributed by atoms with E-state index in [4.69, 9.17) is 4.74 Å². The van der Waals surface area contributed by atoms with Crippen LogP contribution in [0.1, 0.15) is 41.6 Å². The number of hydrogen-bond donors (Lipinski definition) is 0. The summed E-state index contributed by atoms with van der Waals surface area (Å²) in [6, 6.07) is 3.03. The molecule has 92 valence electrons. The quantitative estimate of drug-likeness (QED) is 0.734. The van der Waals surface area contributed by atoms with Gasteiger partial charge in [-0.05, 0) is 32.9 Å². The van der Waals surface area contributed by atoms with Crippen LogP contribution in [-0.4, -0.2) is 29.6 Å². The lowest BCUT2D eigenvalue weighted by atomic mass is 10.1. The van der Waals surface area contributed by atoms with E-state index in [1.165, 1.54) is 19.4 Å². The fourth-order valence-electron chi connectivity index (χ4n) is 1.17. The number of esters is 2. The molecule has 0 unspecified atom stereocenters. The monoisotopic (exact) mass is 237 g/mol. The summed E-state index contributed by atoms with van der Waals surface area (Å²) >= 11 is 0. The third kappa shape index (κ3) is 3.55. The minimum absolute atomic E-state index is 0.0331. The maximum atomic E-state index is 11.8. The Hall–Kier alpha value is -1.91. The molecule has 0 bridgehead atoms. The van der Waals surface area contributed by atoms with Crippen LogP contribution in [-0.2, 0) is 9.47 Å². The van der Waals surface area contributed by atoms with E-state index in [9.17, 15) is 9.59 Å². The molecule has 0 amide bonds. The van der Waals surface area contributed by atoms with Crippen molar-refractivity contribution in [1.29, 1.82) is 0 Å². The molecule has 0 atom stereocenters. The largest absolute Gasteiger partial charge is 0.465 e. The second-order valence-electron chi connectivity index (χ2n) is 4.39. The molecule has 0 saturated heterocycles. The van der Waals surface area contributed by atoms with E-state index < -0.39 is 17.5 Å². The highest BCUT2D eigenvalue weighted by Crippen LogP contribution is 2.14. The van der Waals surface area contributed by atoms with Gasteiger partial charge in [0.2, 0.25) is 0 Å². The first kappa shape index (κ1) is 13.2. The normalized spacial score (nSPS) is 10.8. The number of carbonyl (C=O) groups excluding carboxylic acids is 2. The average Bonchev–Trinajstić information content (AvgIpc) is 2.25. The minimum Gasteiger partial charge on any atom is -0.465 e. The predicted molar refractivity (Wildman–Crippen MR) is 60.7 cm³/mol. The Labute approximate surface area is 99.8 Å². The predicted octanol–water partition coefficient (Wildman–Crippen LogP) is 1.82. The molecule has 0 aliphatic carbocycles. The fraction of sp³-hybridized carbons (Fsp3) is 0.417. The van der Waals surface area contributed by atoms with Gasteiger partial charge in [0.15, 0.2) is 5.69 Å². The molecule has 17 heavy (non-hydrogen) atoms. The number of methoxy groups -OCH3 is 1. The van der Waals surface area contributed by atoms with Crippen molar-refractivity contribution in [3.8, 4) is 0 Å². The number of ether oxygens (including phenoxy) is 2. The molecule has 5 nitrogen and oxygen atoms in total. The molecular weight excluding hydrogens is 222 g/mol. The average molecular weight is 237 g/mol. The zero-order valence-corrected chi connectivity index (χ0v) is 10.3. The zero-order chi connectivity index (χ0) is 13.1. The van der Waals surface area contributed by atoms with Crippen molar-refractivity contribution in [1.82, 2.24) is 4.98 Å². The molecule has 1 rings (SSSR count). The highest BCUT2D eigenvalue weighted by molar-refractivity contribution is 6.01. The Bertz CT molecular complexity index is 434. The second-order valence-corrected chi connectivity index (χ2v) is 4.39. The Kier molecular flexibility index (Phi) is 3.83. The Morgan fingerprint density at radius 3 is 2.41 bits per heavy atom. The molecule has 0 aliphatic heterocycles. The van der Waals surface area contributed by atoms with Crippen molar-refractivity contribution < 1.29 is 19.1 Å². The fourth-order valence-corrected chi connectivity index (χ4v) is 1.17. The number of pyridine rings is 1. The molecule has 0 saturated carbocycles. The van der Waals surface area contributed by atoms with Crippen LogP contribution >= 0.6 is 0 Å². The number of rotatable bonds is 2. The van der Waals surface area contributed by atoms with E-state index in [-0.39, 0.29) is 11.3 Å². The van der Waals surface area contributed by atoms with Gasteiger partial charge >= 0.3 is 11.9 Å². The van der Waals surface area contributed by atoms with E-state index in [1.54, 1.807) is 26.8 Å². The van der Waals surface area contributed by atoms with Crippen LogP contribution in [0.4, 0.5) is 0 Å². The molecule has 1 aromatic heterocycles. The van der Waals surface area contributed by atoms with E-state index in [1.807, 2.05) is 0 Å². The van der Waals surface area contributed by atoms with Gasteiger partial charge in [0, 0.05) is 6.20 Å². The molecule has 5 heteroatoms. The third-order valence-corrected chi connectivity index (χ3v) is 1.81. The summed E-state index contributed by atoms with van der Waals surface area (Å²) in [7, 11) is 1.24. The Morgan fingerprint density at radius 1 is 1.24 bits per heavy atom. The summed E-state index contributed by atoms with van der Waals surface area (Å²) in [5.74, 6) is -1.25. The third-order valence-electron chi connectivity index (χ3n) is 1.81. The van der Waals surface area contributed by atoms with Crippen molar-refractivity contribution in [2.75, 3.05) is 7.11 Å². The molecule has 1 heterocycles. The summed E-state index contributed by atoms with van der Waals surface area (Å²) in [6.07, 6.45) is 1.42. The zero-order valence-electron chi connectivity index (χ0n) is 10.3. The Morgan fingerprint density at radius 2 is 1.88 bits per heavy atom. The summed E-state index contributed by atoms with van der Waals surface area (Å²) in [4.78, 5) is 27.1. The van der Waals surface area contributed by atoms with Crippen molar-refractivity contribution in [3.63, 3.8) is 0 Å². The topological polar surface area (TPSA) is 65.5 Å². The van der Waals surface area contributed by atoms with Crippen LogP contribution in [0, 0.1) is 0 Å². The van der Waals surface area contributed by atoms with Gasteiger partial charge in [-0.2, -0.15) is 0 Å². The van der Waals surface area contributed by atoms with Gasteiger partial charge in [-0.3, -0.25) is 0 Å². The van der Waals surface area contributed by atoms with Gasteiger partial charge in [0.25, 0.3) is 0 Å². The highest BCUT2D eigenvalue weighted by atomic mass is 16.6. The summed E-state index contributed by atoms with van der Waals surface area (Å²) in [5.41, 5.74) is -0.569. The lowest BCUT2D eigenvalue weighted by molar-refractivity contribution is 0.00583. The molecule has 0 N–H and O–H groups in total. The van der Waals surface area contributed by atoms with Crippen LogP contribution in [0.15, 0.2) is 18.3 Å². The van der Waals surface area contributed by atoms with Crippen molar-refractivity contribution in [3.05, 3.63) is 29.6 Å². The standard InChI is InChI=1S/C12H15NO4/c1-12(2,3)17-11(15)9-8(10(14)16-4)6-5-7-13-9/h5-7H,1-4H3.